The van der Waals surface area contributed by atoms with Gasteiger partial charge in [-0.05, 0) is 23.6 Å². The highest BCUT2D eigenvalue weighted by Crippen LogP contribution is 2.36. The second-order valence-electron chi connectivity index (χ2n) is 5.45. The molecule has 0 saturated heterocycles. The Bertz CT molecular complexity index is 851. The Kier molecular flexibility index (Phi) is 2.57. The molecule has 1 unspecified atom stereocenters. The molecule has 1 atom stereocenters. The van der Waals surface area contributed by atoms with E-state index in [4.69, 9.17) is 0 Å². The number of aromatic nitrogens is 2. The zero-order valence-electron chi connectivity index (χ0n) is 11.4. The molecule has 1 aliphatic rings. The van der Waals surface area contributed by atoms with Crippen LogP contribution in [0.5, 0.6) is 0 Å². The molecule has 3 aromatic rings. The quantitative estimate of drug-likeness (QED) is 0.801. The van der Waals surface area contributed by atoms with Crippen LogP contribution in [-0.2, 0) is 13.0 Å². The Morgan fingerprint density at radius 1 is 1.19 bits per heavy atom. The van der Waals surface area contributed by atoms with Crippen molar-refractivity contribution in [3.63, 3.8) is 0 Å². The second-order valence-corrected chi connectivity index (χ2v) is 5.45. The van der Waals surface area contributed by atoms with Crippen molar-refractivity contribution in [2.45, 2.75) is 18.9 Å². The molecule has 4 rings (SSSR count). The van der Waals surface area contributed by atoms with Crippen LogP contribution in [-0.4, -0.2) is 20.9 Å². The van der Waals surface area contributed by atoms with E-state index < -0.39 is 5.97 Å². The second kappa shape index (κ2) is 4.45. The van der Waals surface area contributed by atoms with Crippen LogP contribution in [0.2, 0.25) is 0 Å². The number of aromatic carboxylic acids is 1. The number of carboxylic acids is 1. The van der Waals surface area contributed by atoms with Crippen LogP contribution in [0, 0.1) is 0 Å². The summed E-state index contributed by atoms with van der Waals surface area (Å²) in [6.07, 6.45) is 1.03. The fourth-order valence-electron chi connectivity index (χ4n) is 3.16. The summed E-state index contributed by atoms with van der Waals surface area (Å²) in [6, 6.07) is 15.9. The molecule has 0 aliphatic heterocycles. The predicted molar refractivity (Wildman–Crippen MR) is 79.6 cm³/mol. The molecular weight excluding hydrogens is 264 g/mol. The molecule has 0 bridgehead atoms. The van der Waals surface area contributed by atoms with Gasteiger partial charge in [0, 0.05) is 17.8 Å². The molecule has 0 spiro atoms. The maximum absolute atomic E-state index is 11.3. The average molecular weight is 278 g/mol. The smallest absolute Gasteiger partial charge is 0.357 e. The Hall–Kier alpha value is -2.62. The van der Waals surface area contributed by atoms with Gasteiger partial charge in [0.2, 0.25) is 0 Å². The summed E-state index contributed by atoms with van der Waals surface area (Å²) in [4.78, 5) is 11.3. The first-order chi connectivity index (χ1) is 10.2. The van der Waals surface area contributed by atoms with E-state index in [2.05, 4.69) is 29.4 Å². The lowest BCUT2D eigenvalue weighted by molar-refractivity contribution is 0.0691. The Morgan fingerprint density at radius 2 is 1.95 bits per heavy atom. The average Bonchev–Trinajstić information content (AvgIpc) is 2.84. The van der Waals surface area contributed by atoms with Gasteiger partial charge in [0.1, 0.15) is 0 Å². The van der Waals surface area contributed by atoms with Gasteiger partial charge in [-0.25, -0.2) is 4.79 Å². The maximum atomic E-state index is 11.3. The fraction of sp³-hybridized carbons (Fsp3) is 0.176. The maximum Gasteiger partial charge on any atom is 0.357 e. The summed E-state index contributed by atoms with van der Waals surface area (Å²) in [5, 5.41) is 14.3. The van der Waals surface area contributed by atoms with E-state index in [9.17, 15) is 9.90 Å². The van der Waals surface area contributed by atoms with Gasteiger partial charge < -0.3 is 5.11 Å². The Morgan fingerprint density at radius 3 is 2.76 bits per heavy atom. The summed E-state index contributed by atoms with van der Waals surface area (Å²) in [7, 11) is 0. The normalized spacial score (nSPS) is 16.5. The van der Waals surface area contributed by atoms with Crippen molar-refractivity contribution in [1.82, 2.24) is 9.78 Å². The molecule has 2 aromatic carbocycles. The first kappa shape index (κ1) is 12.1. The van der Waals surface area contributed by atoms with E-state index in [1.54, 1.807) is 0 Å². The van der Waals surface area contributed by atoms with Gasteiger partial charge in [-0.15, -0.1) is 0 Å². The SMILES string of the molecule is O=C(O)c1nn(CC2Cc3ccccc32)c2ccccc12. The van der Waals surface area contributed by atoms with E-state index in [1.165, 1.54) is 11.1 Å². The number of nitrogens with zero attached hydrogens (tertiary/aromatic N) is 2. The number of para-hydroxylation sites is 1. The first-order valence-electron chi connectivity index (χ1n) is 7.00. The lowest BCUT2D eigenvalue weighted by Gasteiger charge is -2.30. The zero-order valence-corrected chi connectivity index (χ0v) is 11.4. The van der Waals surface area contributed by atoms with Gasteiger partial charge in [0.05, 0.1) is 5.52 Å². The summed E-state index contributed by atoms with van der Waals surface area (Å²) in [6.45, 7) is 0.727. The third kappa shape index (κ3) is 1.83. The van der Waals surface area contributed by atoms with Crippen LogP contribution in [0.1, 0.15) is 27.5 Å². The van der Waals surface area contributed by atoms with Crippen LogP contribution in [0.3, 0.4) is 0 Å². The summed E-state index contributed by atoms with van der Waals surface area (Å²) < 4.78 is 1.83. The van der Waals surface area contributed by atoms with Gasteiger partial charge >= 0.3 is 5.97 Å². The molecule has 0 saturated carbocycles. The van der Waals surface area contributed by atoms with Crippen LogP contribution in [0.15, 0.2) is 48.5 Å². The lowest BCUT2D eigenvalue weighted by Crippen LogP contribution is -2.22. The van der Waals surface area contributed by atoms with Gasteiger partial charge in [0.15, 0.2) is 5.69 Å². The number of fused-ring (bicyclic) bond motifs is 2. The summed E-state index contributed by atoms with van der Waals surface area (Å²) in [5.41, 5.74) is 3.77. The Labute approximate surface area is 121 Å². The highest BCUT2D eigenvalue weighted by Gasteiger charge is 2.27. The van der Waals surface area contributed by atoms with E-state index in [-0.39, 0.29) is 5.69 Å². The van der Waals surface area contributed by atoms with E-state index in [0.717, 1.165) is 18.5 Å². The molecule has 1 heterocycles. The topological polar surface area (TPSA) is 55.1 Å². The fourth-order valence-corrected chi connectivity index (χ4v) is 3.16. The number of hydrogen-bond donors (Lipinski definition) is 1. The minimum atomic E-state index is -0.973. The molecule has 0 radical (unpaired) electrons. The van der Waals surface area contributed by atoms with Crippen LogP contribution < -0.4 is 0 Å². The molecule has 0 amide bonds. The largest absolute Gasteiger partial charge is 0.476 e. The molecule has 0 fully saturated rings. The number of rotatable bonds is 3. The number of hydrogen-bond acceptors (Lipinski definition) is 2. The van der Waals surface area contributed by atoms with Gasteiger partial charge in [-0.1, -0.05) is 42.5 Å². The van der Waals surface area contributed by atoms with Crippen molar-refractivity contribution in [2.24, 2.45) is 0 Å². The highest BCUT2D eigenvalue weighted by molar-refractivity contribution is 6.01. The van der Waals surface area contributed by atoms with Crippen LogP contribution in [0.25, 0.3) is 10.9 Å². The number of carboxylic acid groups (broad SMARTS) is 1. The number of carbonyl (C=O) groups is 1. The summed E-state index contributed by atoms with van der Waals surface area (Å²) >= 11 is 0. The van der Waals surface area contributed by atoms with Crippen molar-refractivity contribution < 1.29 is 9.90 Å². The van der Waals surface area contributed by atoms with Crippen molar-refractivity contribution in [3.8, 4) is 0 Å². The third-order valence-corrected chi connectivity index (χ3v) is 4.22. The van der Waals surface area contributed by atoms with Crippen molar-refractivity contribution >= 4 is 16.9 Å². The van der Waals surface area contributed by atoms with E-state index in [0.29, 0.717) is 11.3 Å². The minimum absolute atomic E-state index is 0.137. The number of benzene rings is 2. The Balaban J connectivity index is 1.74. The molecule has 104 valence electrons. The third-order valence-electron chi connectivity index (χ3n) is 4.22. The molecule has 1 aliphatic carbocycles. The monoisotopic (exact) mass is 278 g/mol. The highest BCUT2D eigenvalue weighted by atomic mass is 16.4. The molecule has 1 aromatic heterocycles. The molecular formula is C17H14N2O2. The first-order valence-corrected chi connectivity index (χ1v) is 7.00. The van der Waals surface area contributed by atoms with E-state index in [1.807, 2.05) is 28.9 Å². The lowest BCUT2D eigenvalue weighted by atomic mass is 9.77. The van der Waals surface area contributed by atoms with Crippen molar-refractivity contribution in [3.05, 3.63) is 65.4 Å². The predicted octanol–water partition coefficient (Wildman–Crippen LogP) is 3.07. The molecule has 21 heavy (non-hydrogen) atoms. The van der Waals surface area contributed by atoms with Crippen LogP contribution >= 0.6 is 0 Å². The molecule has 4 nitrogen and oxygen atoms in total. The zero-order chi connectivity index (χ0) is 14.4. The van der Waals surface area contributed by atoms with Gasteiger partial charge in [0.25, 0.3) is 0 Å². The van der Waals surface area contributed by atoms with Gasteiger partial charge in [-0.2, -0.15) is 5.10 Å². The van der Waals surface area contributed by atoms with Crippen molar-refractivity contribution in [2.75, 3.05) is 0 Å². The van der Waals surface area contributed by atoms with Crippen LogP contribution in [0.4, 0.5) is 0 Å². The standard InChI is InChI=1S/C17H14N2O2/c20-17(21)16-14-7-3-4-8-15(14)19(18-16)10-12-9-11-5-1-2-6-13(11)12/h1-8,12H,9-10H2,(H,20,21). The molecule has 1 N–H and O–H groups in total. The molecule has 4 heteroatoms. The summed E-state index contributed by atoms with van der Waals surface area (Å²) in [5.74, 6) is -0.551. The van der Waals surface area contributed by atoms with E-state index >= 15 is 0 Å². The minimum Gasteiger partial charge on any atom is -0.476 e. The van der Waals surface area contributed by atoms with Gasteiger partial charge in [-0.3, -0.25) is 4.68 Å². The van der Waals surface area contributed by atoms with Crippen molar-refractivity contribution in [1.29, 1.82) is 0 Å².